The van der Waals surface area contributed by atoms with Crippen molar-refractivity contribution in [2.75, 3.05) is 13.7 Å². The van der Waals surface area contributed by atoms with Crippen LogP contribution in [0.5, 0.6) is 0 Å². The average Bonchev–Trinajstić information content (AvgIpc) is 3.85. The van der Waals surface area contributed by atoms with Gasteiger partial charge in [-0.05, 0) is 117 Å². The van der Waals surface area contributed by atoms with Crippen LogP contribution < -0.4 is 21.3 Å². The van der Waals surface area contributed by atoms with Crippen LogP contribution in [-0.4, -0.2) is 46.8 Å². The summed E-state index contributed by atoms with van der Waals surface area (Å²) in [7, 11) is 1.37. The Morgan fingerprint density at radius 1 is 1.00 bits per heavy atom. The van der Waals surface area contributed by atoms with Gasteiger partial charge in [-0.2, -0.15) is 0 Å². The Balaban J connectivity index is 1.43. The standard InChI is InChI=1S/C44H60N4O5/c1-11-29-26(7)33-19-31-24(5)25(6)32(45-31)20-34-27(8)30(15-16-37(49)53-18-17-23(4)14-12-13-22(2)3)41(47-34)39-40(44(51)52-10)43(50)38-28(9)35(48-42(38)39)21-36(29)46-33/h17,19-22,24,27,30,40-41,43,45-48,50H,11-16,18H2,1-10H3/b23-17+,31-19-,34-20-,35-21-/t24-,27+,30+,40-,41?,43+/m1/s1. The van der Waals surface area contributed by atoms with Crippen molar-refractivity contribution in [1.82, 2.24) is 20.6 Å². The maximum absolute atomic E-state index is 13.6. The lowest BCUT2D eigenvalue weighted by molar-refractivity contribution is -0.147. The molecular weight excluding hydrogens is 665 g/mol. The first kappa shape index (κ1) is 38.5. The lowest BCUT2D eigenvalue weighted by Gasteiger charge is -2.27. The summed E-state index contributed by atoms with van der Waals surface area (Å²) < 4.78 is 11.1. The Kier molecular flexibility index (Phi) is 11.3. The van der Waals surface area contributed by atoms with Crippen LogP contribution in [0.3, 0.4) is 0 Å². The van der Waals surface area contributed by atoms with Crippen molar-refractivity contribution in [2.24, 2.45) is 29.6 Å². The molecule has 4 aliphatic rings. The number of fused-ring (bicyclic) bond motifs is 8. The molecule has 0 saturated carbocycles. The molecule has 1 fully saturated rings. The molecule has 1 unspecified atom stereocenters. The molecule has 0 radical (unpaired) electrons. The van der Waals surface area contributed by atoms with Crippen molar-refractivity contribution in [3.05, 3.63) is 84.7 Å². The summed E-state index contributed by atoms with van der Waals surface area (Å²) in [5.74, 6) is -0.773. The topological polar surface area (TPSA) is 128 Å². The summed E-state index contributed by atoms with van der Waals surface area (Å²) in [6.07, 6.45) is 12.5. The highest BCUT2D eigenvalue weighted by Gasteiger charge is 2.49. The van der Waals surface area contributed by atoms with E-state index in [9.17, 15) is 14.7 Å². The van der Waals surface area contributed by atoms with Crippen molar-refractivity contribution in [2.45, 2.75) is 113 Å². The fourth-order valence-corrected chi connectivity index (χ4v) is 8.95. The lowest BCUT2D eigenvalue weighted by atomic mass is 9.80. The number of nitrogens with one attached hydrogen (secondary N) is 4. The minimum atomic E-state index is -1.07. The van der Waals surface area contributed by atoms with Gasteiger partial charge in [-0.3, -0.25) is 9.59 Å². The van der Waals surface area contributed by atoms with Crippen molar-refractivity contribution in [1.29, 1.82) is 0 Å². The molecule has 6 atom stereocenters. The van der Waals surface area contributed by atoms with Gasteiger partial charge in [0.15, 0.2) is 0 Å². The van der Waals surface area contributed by atoms with Gasteiger partial charge in [-0.15, -0.1) is 0 Å². The molecular formula is C44H60N4O5. The highest BCUT2D eigenvalue weighted by atomic mass is 16.5. The smallest absolute Gasteiger partial charge is 0.315 e. The van der Waals surface area contributed by atoms with Gasteiger partial charge in [0.05, 0.1) is 19.3 Å². The van der Waals surface area contributed by atoms with Gasteiger partial charge in [0.2, 0.25) is 0 Å². The number of rotatable bonds is 11. The van der Waals surface area contributed by atoms with E-state index in [0.29, 0.717) is 12.3 Å². The van der Waals surface area contributed by atoms with Crippen molar-refractivity contribution in [3.63, 3.8) is 0 Å². The van der Waals surface area contributed by atoms with Crippen LogP contribution in [-0.2, 0) is 25.5 Å². The second-order valence-electron chi connectivity index (χ2n) is 16.2. The second kappa shape index (κ2) is 15.6. The second-order valence-corrected chi connectivity index (χ2v) is 16.2. The van der Waals surface area contributed by atoms with Crippen molar-refractivity contribution in [3.8, 4) is 0 Å². The number of methoxy groups -OCH3 is 1. The number of allylic oxidation sites excluding steroid dienone is 4. The van der Waals surface area contributed by atoms with E-state index in [1.807, 2.05) is 13.0 Å². The Morgan fingerprint density at radius 2 is 1.75 bits per heavy atom. The van der Waals surface area contributed by atoms with E-state index in [1.165, 1.54) is 35.8 Å². The first-order valence-electron chi connectivity index (χ1n) is 19.7. The molecule has 53 heavy (non-hydrogen) atoms. The number of carbonyl (C=O) groups is 2. The molecule has 0 amide bonds. The molecule has 286 valence electrons. The van der Waals surface area contributed by atoms with Gasteiger partial charge < -0.3 is 35.2 Å². The molecule has 0 spiro atoms. The third-order valence-corrected chi connectivity index (χ3v) is 12.5. The van der Waals surface area contributed by atoms with Crippen LogP contribution in [0.2, 0.25) is 0 Å². The highest BCUT2D eigenvalue weighted by Crippen LogP contribution is 2.45. The van der Waals surface area contributed by atoms with Gasteiger partial charge >= 0.3 is 11.9 Å². The number of aliphatic hydroxyl groups excluding tert-OH is 1. The summed E-state index contributed by atoms with van der Waals surface area (Å²) in [5, 5.41) is 21.1. The molecule has 2 aromatic heterocycles. The Hall–Kier alpha value is -4.24. The van der Waals surface area contributed by atoms with Gasteiger partial charge in [0, 0.05) is 63.0 Å². The third kappa shape index (κ3) is 7.34. The SMILES string of the molecule is CCc1c2[nH]c(c1C)/C=C1\NC(=C(C)[C@H]1C)/C=C1\NC(C3=c4[nH]/c(c(C)c4[C@H](O)[C@@H]3C(=O)OC)=C\2)[C@@H](CCC(=O)OC/C=C(\C)CCCC(C)C)[C@@H]1C. The maximum Gasteiger partial charge on any atom is 0.315 e. The van der Waals surface area contributed by atoms with E-state index >= 15 is 0 Å². The molecule has 5 N–H and O–H groups in total. The predicted molar refractivity (Wildman–Crippen MR) is 210 cm³/mol. The molecule has 5 heterocycles. The minimum Gasteiger partial charge on any atom is -0.468 e. The summed E-state index contributed by atoms with van der Waals surface area (Å²) in [5.41, 5.74) is 12.6. The number of aromatic amines is 2. The van der Waals surface area contributed by atoms with Crippen LogP contribution in [0.4, 0.5) is 0 Å². The normalized spacial score (nSPS) is 27.5. The third-order valence-electron chi connectivity index (χ3n) is 12.5. The first-order valence-corrected chi connectivity index (χ1v) is 19.7. The molecule has 9 nitrogen and oxygen atoms in total. The van der Waals surface area contributed by atoms with E-state index in [-0.39, 0.29) is 42.8 Å². The number of esters is 2. The fourth-order valence-electron chi connectivity index (χ4n) is 8.95. The number of ether oxygens (including phenoxy) is 2. The molecule has 1 aliphatic carbocycles. The maximum atomic E-state index is 13.6. The Labute approximate surface area is 314 Å². The van der Waals surface area contributed by atoms with Gasteiger partial charge in [-0.25, -0.2) is 0 Å². The van der Waals surface area contributed by atoms with Crippen molar-refractivity contribution >= 4 is 29.7 Å². The summed E-state index contributed by atoms with van der Waals surface area (Å²) >= 11 is 0. The largest absolute Gasteiger partial charge is 0.468 e. The molecule has 0 aromatic carbocycles. The predicted octanol–water partition coefficient (Wildman–Crippen LogP) is 6.41. The molecule has 2 aromatic rings. The number of H-pyrrole nitrogens is 2. The van der Waals surface area contributed by atoms with E-state index in [0.717, 1.165) is 75.1 Å². The summed E-state index contributed by atoms with van der Waals surface area (Å²) in [4.78, 5) is 34.1. The summed E-state index contributed by atoms with van der Waals surface area (Å²) in [6, 6.07) is -0.341. The quantitative estimate of drug-likeness (QED) is 0.134. The number of hydrogen-bond donors (Lipinski definition) is 5. The van der Waals surface area contributed by atoms with Gasteiger partial charge in [0.25, 0.3) is 0 Å². The van der Waals surface area contributed by atoms with E-state index in [4.69, 9.17) is 9.47 Å². The Morgan fingerprint density at radius 3 is 2.45 bits per heavy atom. The summed E-state index contributed by atoms with van der Waals surface area (Å²) in [6.45, 7) is 19.8. The zero-order valence-corrected chi connectivity index (χ0v) is 33.4. The zero-order valence-electron chi connectivity index (χ0n) is 33.4. The van der Waals surface area contributed by atoms with E-state index in [2.05, 4.69) is 94.2 Å². The number of aliphatic hydroxyl groups is 1. The lowest BCUT2D eigenvalue weighted by Crippen LogP contribution is -2.37. The van der Waals surface area contributed by atoms with Crippen LogP contribution >= 0.6 is 0 Å². The monoisotopic (exact) mass is 724 g/mol. The van der Waals surface area contributed by atoms with Gasteiger partial charge in [0.1, 0.15) is 12.5 Å². The fraction of sp³-hybridized carbons (Fsp3) is 0.545. The molecule has 1 saturated heterocycles. The van der Waals surface area contributed by atoms with Gasteiger partial charge in [-0.1, -0.05) is 46.6 Å². The number of aromatic nitrogens is 2. The Bertz CT molecular complexity index is 2020. The van der Waals surface area contributed by atoms with Crippen LogP contribution in [0.25, 0.3) is 17.7 Å². The molecule has 3 aliphatic heterocycles. The molecule has 9 heteroatoms. The van der Waals surface area contributed by atoms with Crippen LogP contribution in [0.1, 0.15) is 120 Å². The molecule has 6 rings (SSSR count). The van der Waals surface area contributed by atoms with E-state index < -0.39 is 18.0 Å². The molecule has 8 bridgehead atoms. The highest BCUT2D eigenvalue weighted by molar-refractivity contribution is 5.88. The first-order chi connectivity index (χ1) is 25.2. The van der Waals surface area contributed by atoms with Crippen LogP contribution in [0.15, 0.2) is 40.4 Å². The van der Waals surface area contributed by atoms with Crippen LogP contribution in [0, 0.1) is 43.4 Å². The number of hydrogen-bond acceptors (Lipinski definition) is 7. The zero-order chi connectivity index (χ0) is 38.3. The number of carbonyl (C=O) groups excluding carboxylic acids is 2. The minimum absolute atomic E-state index is 0.0194. The van der Waals surface area contributed by atoms with Crippen molar-refractivity contribution < 1.29 is 24.2 Å². The average molecular weight is 725 g/mol. The van der Waals surface area contributed by atoms with E-state index in [1.54, 1.807) is 0 Å².